The third-order valence-corrected chi connectivity index (χ3v) is 3.91. The zero-order chi connectivity index (χ0) is 14.2. The normalized spacial score (nSPS) is 11.1. The Balaban J connectivity index is 1.80. The lowest BCUT2D eigenvalue weighted by molar-refractivity contribution is 1.11. The van der Waals surface area contributed by atoms with E-state index in [0.717, 1.165) is 21.6 Å². The van der Waals surface area contributed by atoms with Crippen molar-refractivity contribution in [2.24, 2.45) is 5.84 Å². The summed E-state index contributed by atoms with van der Waals surface area (Å²) in [5.41, 5.74) is 7.04. The molecule has 0 aliphatic carbocycles. The molecule has 4 aromatic rings. The highest BCUT2D eigenvalue weighted by molar-refractivity contribution is 7.16. The second kappa shape index (κ2) is 4.69. The number of imidazole rings is 1. The van der Waals surface area contributed by atoms with Crippen LogP contribution in [0.25, 0.3) is 15.9 Å². The first-order chi connectivity index (χ1) is 10.3. The number of hydrogen-bond donors (Lipinski definition) is 3. The van der Waals surface area contributed by atoms with Gasteiger partial charge in [0.1, 0.15) is 0 Å². The van der Waals surface area contributed by atoms with Gasteiger partial charge in [0.2, 0.25) is 0 Å². The molecule has 3 aromatic heterocycles. The van der Waals surface area contributed by atoms with Crippen molar-refractivity contribution in [3.05, 3.63) is 42.3 Å². The fourth-order valence-corrected chi connectivity index (χ4v) is 2.87. The van der Waals surface area contributed by atoms with Crippen LogP contribution in [0.3, 0.4) is 0 Å². The van der Waals surface area contributed by atoms with Gasteiger partial charge in [-0.25, -0.2) is 20.8 Å². The predicted octanol–water partition coefficient (Wildman–Crippen LogP) is 2.37. The van der Waals surface area contributed by atoms with E-state index in [0.29, 0.717) is 11.6 Å². The molecule has 0 unspecified atom stereocenters. The van der Waals surface area contributed by atoms with Crippen molar-refractivity contribution in [3.63, 3.8) is 0 Å². The van der Waals surface area contributed by atoms with Crippen molar-refractivity contribution >= 4 is 44.5 Å². The Kier molecular flexibility index (Phi) is 2.69. The molecule has 3 heterocycles. The van der Waals surface area contributed by atoms with Crippen LogP contribution >= 0.6 is 11.3 Å². The third-order valence-electron chi connectivity index (χ3n) is 3.12. The molecule has 21 heavy (non-hydrogen) atoms. The average Bonchev–Trinajstić information content (AvgIpc) is 3.14. The van der Waals surface area contributed by atoms with Crippen LogP contribution in [0, 0.1) is 0 Å². The maximum absolute atomic E-state index is 5.45. The van der Waals surface area contributed by atoms with Gasteiger partial charge in [0.05, 0.1) is 21.9 Å². The number of nitrogen functional groups attached to an aromatic ring is 1. The van der Waals surface area contributed by atoms with E-state index in [1.54, 1.807) is 23.7 Å². The maximum Gasteiger partial charge on any atom is 0.180 e. The lowest BCUT2D eigenvalue weighted by Gasteiger charge is -2.09. The standard InChI is InChI=1S/C13H11N7S/c14-19-11-6-20-4-3-15-13(20)12(18-11)17-8-1-2-9-10(5-8)21-7-16-9/h1-7,19H,14H2,(H,17,18). The average molecular weight is 297 g/mol. The van der Waals surface area contributed by atoms with Crippen LogP contribution in [-0.2, 0) is 0 Å². The molecular formula is C13H11N7S. The molecule has 4 N–H and O–H groups in total. The van der Waals surface area contributed by atoms with Crippen molar-refractivity contribution in [2.75, 3.05) is 10.7 Å². The molecule has 0 spiro atoms. The number of hydrazine groups is 1. The van der Waals surface area contributed by atoms with Crippen molar-refractivity contribution in [3.8, 4) is 0 Å². The third kappa shape index (κ3) is 2.06. The van der Waals surface area contributed by atoms with Crippen molar-refractivity contribution in [1.29, 1.82) is 0 Å². The van der Waals surface area contributed by atoms with Gasteiger partial charge in [-0.15, -0.1) is 11.3 Å². The molecule has 104 valence electrons. The largest absolute Gasteiger partial charge is 0.337 e. The summed E-state index contributed by atoms with van der Waals surface area (Å²) in [6.07, 6.45) is 5.34. The lowest BCUT2D eigenvalue weighted by atomic mass is 10.3. The van der Waals surface area contributed by atoms with E-state index < -0.39 is 0 Å². The minimum absolute atomic E-state index is 0.557. The molecule has 0 radical (unpaired) electrons. The van der Waals surface area contributed by atoms with Gasteiger partial charge in [-0.05, 0) is 18.2 Å². The van der Waals surface area contributed by atoms with Gasteiger partial charge < -0.3 is 15.1 Å². The van der Waals surface area contributed by atoms with E-state index in [4.69, 9.17) is 5.84 Å². The molecule has 0 amide bonds. The summed E-state index contributed by atoms with van der Waals surface area (Å²) in [4.78, 5) is 13.0. The molecule has 0 saturated heterocycles. The van der Waals surface area contributed by atoms with E-state index in [9.17, 15) is 0 Å². The first-order valence-corrected chi connectivity index (χ1v) is 7.12. The predicted molar refractivity (Wildman–Crippen MR) is 83.7 cm³/mol. The van der Waals surface area contributed by atoms with E-state index in [1.165, 1.54) is 0 Å². The van der Waals surface area contributed by atoms with Crippen molar-refractivity contribution in [2.45, 2.75) is 0 Å². The molecule has 4 rings (SSSR count). The maximum atomic E-state index is 5.45. The van der Waals surface area contributed by atoms with E-state index >= 15 is 0 Å². The number of thiazole rings is 1. The second-order valence-corrected chi connectivity index (χ2v) is 5.32. The van der Waals surface area contributed by atoms with Crippen molar-refractivity contribution in [1.82, 2.24) is 19.4 Å². The van der Waals surface area contributed by atoms with E-state index in [1.807, 2.05) is 34.3 Å². The van der Waals surface area contributed by atoms with Crippen LogP contribution in [-0.4, -0.2) is 19.4 Å². The fourth-order valence-electron chi connectivity index (χ4n) is 2.15. The van der Waals surface area contributed by atoms with Gasteiger partial charge in [-0.3, -0.25) is 0 Å². The molecule has 0 bridgehead atoms. The number of aromatic nitrogens is 4. The molecule has 0 aliphatic rings. The molecule has 0 saturated carbocycles. The molecule has 0 fully saturated rings. The highest BCUT2D eigenvalue weighted by atomic mass is 32.1. The van der Waals surface area contributed by atoms with E-state index in [-0.39, 0.29) is 0 Å². The number of anilines is 3. The van der Waals surface area contributed by atoms with Crippen LogP contribution in [0.5, 0.6) is 0 Å². The zero-order valence-corrected chi connectivity index (χ0v) is 11.6. The Morgan fingerprint density at radius 3 is 3.10 bits per heavy atom. The smallest absolute Gasteiger partial charge is 0.180 e. The van der Waals surface area contributed by atoms with Gasteiger partial charge in [-0.2, -0.15) is 0 Å². The highest BCUT2D eigenvalue weighted by Crippen LogP contribution is 2.25. The fraction of sp³-hybridized carbons (Fsp3) is 0. The summed E-state index contributed by atoms with van der Waals surface area (Å²) in [7, 11) is 0. The molecule has 7 nitrogen and oxygen atoms in total. The van der Waals surface area contributed by atoms with Crippen molar-refractivity contribution < 1.29 is 0 Å². The van der Waals surface area contributed by atoms with Gasteiger partial charge in [0, 0.05) is 18.1 Å². The summed E-state index contributed by atoms with van der Waals surface area (Å²) in [5, 5.41) is 3.28. The highest BCUT2D eigenvalue weighted by Gasteiger charge is 2.08. The van der Waals surface area contributed by atoms with E-state index in [2.05, 4.69) is 25.7 Å². The first-order valence-electron chi connectivity index (χ1n) is 6.24. The monoisotopic (exact) mass is 297 g/mol. The molecule has 1 aromatic carbocycles. The topological polar surface area (TPSA) is 93.2 Å². The quantitative estimate of drug-likeness (QED) is 0.397. The zero-order valence-electron chi connectivity index (χ0n) is 10.8. The Morgan fingerprint density at radius 1 is 1.24 bits per heavy atom. The summed E-state index contributed by atoms with van der Waals surface area (Å²) < 4.78 is 2.97. The van der Waals surface area contributed by atoms with Crippen LogP contribution < -0.4 is 16.6 Å². The SMILES string of the molecule is NNc1cn2ccnc2c(Nc2ccc3ncsc3c2)n1. The van der Waals surface area contributed by atoms with Gasteiger partial charge in [0.25, 0.3) is 0 Å². The number of fused-ring (bicyclic) bond motifs is 2. The first kappa shape index (κ1) is 12.1. The molecule has 0 aliphatic heterocycles. The Labute approximate surface area is 123 Å². The Morgan fingerprint density at radius 2 is 2.19 bits per heavy atom. The van der Waals surface area contributed by atoms with Crippen LogP contribution in [0.15, 0.2) is 42.3 Å². The number of rotatable bonds is 3. The minimum Gasteiger partial charge on any atom is -0.337 e. The second-order valence-electron chi connectivity index (χ2n) is 4.44. The number of nitrogens with one attached hydrogen (secondary N) is 2. The number of benzene rings is 1. The molecule has 8 heteroatoms. The summed E-state index contributed by atoms with van der Waals surface area (Å²) in [5.74, 6) is 6.65. The molecular weight excluding hydrogens is 286 g/mol. The summed E-state index contributed by atoms with van der Waals surface area (Å²) >= 11 is 1.60. The summed E-state index contributed by atoms with van der Waals surface area (Å²) in [6.45, 7) is 0. The Hall–Kier alpha value is -2.71. The number of nitrogens with zero attached hydrogens (tertiary/aromatic N) is 4. The van der Waals surface area contributed by atoms with Gasteiger partial charge in [0.15, 0.2) is 17.3 Å². The number of nitrogens with two attached hydrogens (primary N) is 1. The van der Waals surface area contributed by atoms with Gasteiger partial charge in [-0.1, -0.05) is 0 Å². The van der Waals surface area contributed by atoms with Gasteiger partial charge >= 0.3 is 0 Å². The lowest BCUT2D eigenvalue weighted by Crippen LogP contribution is -2.11. The van der Waals surface area contributed by atoms with Crippen LogP contribution in [0.1, 0.15) is 0 Å². The minimum atomic E-state index is 0.557. The van der Waals surface area contributed by atoms with Crippen LogP contribution in [0.4, 0.5) is 17.3 Å². The summed E-state index contributed by atoms with van der Waals surface area (Å²) in [6, 6.07) is 5.98. The number of hydrogen-bond acceptors (Lipinski definition) is 7. The Bertz CT molecular complexity index is 926. The molecule has 0 atom stereocenters. The van der Waals surface area contributed by atoms with Crippen LogP contribution in [0.2, 0.25) is 0 Å².